The lowest BCUT2D eigenvalue weighted by Gasteiger charge is -2.36. The Morgan fingerprint density at radius 3 is 2.59 bits per heavy atom. The van der Waals surface area contributed by atoms with Crippen molar-refractivity contribution in [2.75, 3.05) is 31.1 Å². The Labute approximate surface area is 185 Å². The minimum Gasteiger partial charge on any atom is -0.367 e. The Kier molecular flexibility index (Phi) is 5.21. The van der Waals surface area contributed by atoms with Crippen molar-refractivity contribution in [2.24, 2.45) is 7.05 Å². The van der Waals surface area contributed by atoms with Gasteiger partial charge in [-0.15, -0.1) is 0 Å². The summed E-state index contributed by atoms with van der Waals surface area (Å²) in [4.78, 5) is 42.3. The summed E-state index contributed by atoms with van der Waals surface area (Å²) in [6.07, 6.45) is 2.52. The van der Waals surface area contributed by atoms with Gasteiger partial charge in [-0.2, -0.15) is 0 Å². The van der Waals surface area contributed by atoms with E-state index in [9.17, 15) is 14.4 Å². The smallest absolute Gasteiger partial charge is 0.255 e. The third-order valence-corrected chi connectivity index (χ3v) is 6.74. The van der Waals surface area contributed by atoms with Crippen molar-refractivity contribution < 1.29 is 18.8 Å². The molecule has 1 unspecified atom stereocenters. The van der Waals surface area contributed by atoms with Gasteiger partial charge in [0.1, 0.15) is 11.9 Å². The first kappa shape index (κ1) is 20.7. The van der Waals surface area contributed by atoms with E-state index in [1.54, 1.807) is 6.07 Å². The van der Waals surface area contributed by atoms with Crippen molar-refractivity contribution in [3.63, 3.8) is 0 Å². The maximum Gasteiger partial charge on any atom is 0.255 e. The van der Waals surface area contributed by atoms with Gasteiger partial charge in [0.05, 0.1) is 5.69 Å². The van der Waals surface area contributed by atoms with E-state index in [1.807, 2.05) is 24.2 Å². The Morgan fingerprint density at radius 1 is 1.12 bits per heavy atom. The first-order valence-corrected chi connectivity index (χ1v) is 11.0. The highest BCUT2D eigenvalue weighted by atomic mass is 19.1. The second-order valence-electron chi connectivity index (χ2n) is 8.73. The van der Waals surface area contributed by atoms with Crippen molar-refractivity contribution >= 4 is 23.4 Å². The van der Waals surface area contributed by atoms with Crippen LogP contribution >= 0.6 is 0 Å². The highest BCUT2D eigenvalue weighted by Gasteiger charge is 2.39. The molecule has 8 nitrogen and oxygen atoms in total. The number of anilines is 1. The molecule has 9 heteroatoms. The summed E-state index contributed by atoms with van der Waals surface area (Å²) in [6, 6.07) is 6.50. The summed E-state index contributed by atoms with van der Waals surface area (Å²) in [6.45, 7) is 4.16. The van der Waals surface area contributed by atoms with Crippen molar-refractivity contribution in [1.82, 2.24) is 19.7 Å². The number of piperidine rings is 1. The number of fused-ring (bicyclic) bond motifs is 1. The van der Waals surface area contributed by atoms with Crippen LogP contribution in [-0.4, -0.2) is 64.3 Å². The second kappa shape index (κ2) is 8.05. The number of hydrogen-bond donors (Lipinski definition) is 1. The zero-order valence-corrected chi connectivity index (χ0v) is 18.0. The molecule has 0 radical (unpaired) electrons. The Balaban J connectivity index is 1.28. The van der Waals surface area contributed by atoms with Gasteiger partial charge in [0.25, 0.3) is 5.91 Å². The Morgan fingerprint density at radius 2 is 1.91 bits per heavy atom. The maximum absolute atomic E-state index is 15.0. The topological polar surface area (TPSA) is 77.9 Å². The molecule has 3 amide bonds. The summed E-state index contributed by atoms with van der Waals surface area (Å²) in [7, 11) is 2.03. The van der Waals surface area contributed by atoms with Gasteiger partial charge < -0.3 is 14.4 Å². The molecule has 3 aliphatic rings. The fourth-order valence-electron chi connectivity index (χ4n) is 4.86. The number of rotatable bonds is 4. The van der Waals surface area contributed by atoms with Gasteiger partial charge in [-0.3, -0.25) is 24.6 Å². The van der Waals surface area contributed by atoms with E-state index >= 15 is 4.39 Å². The lowest BCUT2D eigenvalue weighted by Crippen LogP contribution is -2.52. The summed E-state index contributed by atoms with van der Waals surface area (Å²) in [5, 5.41) is 2.29. The van der Waals surface area contributed by atoms with Crippen LogP contribution in [0.1, 0.15) is 34.5 Å². The number of benzene rings is 1. The van der Waals surface area contributed by atoms with Gasteiger partial charge in [0.2, 0.25) is 11.8 Å². The molecule has 0 bridgehead atoms. The molecule has 2 fully saturated rings. The summed E-state index contributed by atoms with van der Waals surface area (Å²) in [5.41, 5.74) is 2.77. The van der Waals surface area contributed by atoms with Gasteiger partial charge in [-0.1, -0.05) is 0 Å². The molecule has 3 aliphatic heterocycles. The van der Waals surface area contributed by atoms with E-state index < -0.39 is 17.8 Å². The number of imide groups is 1. The standard InChI is InChI=1S/C23H26FN5O3/c1-26-6-2-3-16(26)14-27-7-9-28(10-8-27)20-11-15-13-29(23(32)17(15)12-18(20)24)19-4-5-21(30)25-22(19)31/h2-3,6,11-12,19H,4-5,7-10,13-14H2,1H3,(H,25,30,31). The van der Waals surface area contributed by atoms with E-state index in [-0.39, 0.29) is 24.8 Å². The Bertz CT molecular complexity index is 1090. The molecule has 2 saturated heterocycles. The first-order chi connectivity index (χ1) is 15.4. The molecule has 1 N–H and O–H groups in total. The largest absolute Gasteiger partial charge is 0.367 e. The Hall–Kier alpha value is -3.20. The maximum atomic E-state index is 15.0. The van der Waals surface area contributed by atoms with Crippen LogP contribution in [0.25, 0.3) is 0 Å². The normalized spacial score (nSPS) is 21.8. The number of nitrogens with zero attached hydrogens (tertiary/aromatic N) is 4. The van der Waals surface area contributed by atoms with Crippen LogP contribution < -0.4 is 10.2 Å². The number of halogens is 1. The molecular weight excluding hydrogens is 413 g/mol. The van der Waals surface area contributed by atoms with Gasteiger partial charge in [-0.05, 0) is 36.2 Å². The number of carbonyl (C=O) groups is 3. The fourth-order valence-corrected chi connectivity index (χ4v) is 4.86. The van der Waals surface area contributed by atoms with Crippen molar-refractivity contribution in [3.05, 3.63) is 53.1 Å². The molecule has 5 rings (SSSR count). The monoisotopic (exact) mass is 439 g/mol. The lowest BCUT2D eigenvalue weighted by atomic mass is 10.0. The number of aromatic nitrogens is 1. The number of nitrogens with one attached hydrogen (secondary N) is 1. The average molecular weight is 439 g/mol. The van der Waals surface area contributed by atoms with E-state index in [4.69, 9.17) is 0 Å². The summed E-state index contributed by atoms with van der Waals surface area (Å²) in [5.74, 6) is -1.56. The number of amides is 3. The minimum atomic E-state index is -0.694. The number of hydrogen-bond acceptors (Lipinski definition) is 5. The predicted octanol–water partition coefficient (Wildman–Crippen LogP) is 1.25. The van der Waals surface area contributed by atoms with Crippen LogP contribution in [0.2, 0.25) is 0 Å². The SMILES string of the molecule is Cn1cccc1CN1CCN(c2cc3c(cc2F)C(=O)N(C2CCC(=O)NC2=O)C3)CC1. The summed E-state index contributed by atoms with van der Waals surface area (Å²) < 4.78 is 17.1. The van der Waals surface area contributed by atoms with Crippen LogP contribution in [0, 0.1) is 5.82 Å². The molecule has 2 aromatic rings. The van der Waals surface area contributed by atoms with Crippen LogP contribution in [0.15, 0.2) is 30.5 Å². The predicted molar refractivity (Wildman–Crippen MR) is 115 cm³/mol. The van der Waals surface area contributed by atoms with Crippen LogP contribution in [0.5, 0.6) is 0 Å². The quantitative estimate of drug-likeness (QED) is 0.726. The number of piperazine rings is 1. The molecule has 4 heterocycles. The molecule has 0 saturated carbocycles. The average Bonchev–Trinajstić information content (AvgIpc) is 3.31. The third-order valence-electron chi connectivity index (χ3n) is 6.74. The van der Waals surface area contributed by atoms with Crippen molar-refractivity contribution in [2.45, 2.75) is 32.0 Å². The van der Waals surface area contributed by atoms with Crippen molar-refractivity contribution in [1.29, 1.82) is 0 Å². The highest BCUT2D eigenvalue weighted by Crippen LogP contribution is 2.33. The van der Waals surface area contributed by atoms with Crippen LogP contribution in [-0.2, 0) is 29.7 Å². The molecule has 1 atom stereocenters. The molecule has 0 spiro atoms. The molecule has 1 aromatic carbocycles. The minimum absolute atomic E-state index is 0.198. The van der Waals surface area contributed by atoms with E-state index in [1.165, 1.54) is 16.7 Å². The number of carbonyl (C=O) groups excluding carboxylic acids is 3. The third kappa shape index (κ3) is 3.66. The van der Waals surface area contributed by atoms with E-state index in [0.29, 0.717) is 30.8 Å². The second-order valence-corrected chi connectivity index (χ2v) is 8.73. The molecule has 168 valence electrons. The van der Waals surface area contributed by atoms with E-state index in [0.717, 1.165) is 25.2 Å². The molecule has 32 heavy (non-hydrogen) atoms. The van der Waals surface area contributed by atoms with Crippen molar-refractivity contribution in [3.8, 4) is 0 Å². The zero-order valence-electron chi connectivity index (χ0n) is 18.0. The fraction of sp³-hybridized carbons (Fsp3) is 0.435. The van der Waals surface area contributed by atoms with E-state index in [2.05, 4.69) is 20.9 Å². The zero-order chi connectivity index (χ0) is 22.4. The molecule has 0 aliphatic carbocycles. The first-order valence-electron chi connectivity index (χ1n) is 11.0. The van der Waals surface area contributed by atoms with Gasteiger partial charge >= 0.3 is 0 Å². The van der Waals surface area contributed by atoms with Crippen LogP contribution in [0.4, 0.5) is 10.1 Å². The van der Waals surface area contributed by atoms with Gasteiger partial charge in [0.15, 0.2) is 0 Å². The highest BCUT2D eigenvalue weighted by molar-refractivity contribution is 6.05. The lowest BCUT2D eigenvalue weighted by molar-refractivity contribution is -0.136. The molecule has 1 aromatic heterocycles. The van der Waals surface area contributed by atoms with Crippen LogP contribution in [0.3, 0.4) is 0 Å². The molecular formula is C23H26FN5O3. The summed E-state index contributed by atoms with van der Waals surface area (Å²) >= 11 is 0. The van der Waals surface area contributed by atoms with Gasteiger partial charge in [-0.25, -0.2) is 4.39 Å². The van der Waals surface area contributed by atoms with Gasteiger partial charge in [0, 0.05) is 70.2 Å². The number of aryl methyl sites for hydroxylation is 1.